The van der Waals surface area contributed by atoms with Crippen molar-refractivity contribution >= 4 is 11.6 Å². The van der Waals surface area contributed by atoms with Crippen LogP contribution in [0.15, 0.2) is 12.1 Å². The van der Waals surface area contributed by atoms with Crippen molar-refractivity contribution in [3.05, 3.63) is 28.3 Å². The number of hydrogen-bond donors (Lipinski definition) is 2. The minimum Gasteiger partial charge on any atom is -0.491 e. The number of halogens is 1. The van der Waals surface area contributed by atoms with E-state index in [1.54, 1.807) is 0 Å². The van der Waals surface area contributed by atoms with Gasteiger partial charge >= 0.3 is 0 Å². The lowest BCUT2D eigenvalue weighted by Crippen LogP contribution is -2.51. The fourth-order valence-corrected chi connectivity index (χ4v) is 3.45. The summed E-state index contributed by atoms with van der Waals surface area (Å²) in [5, 5.41) is 21.1. The van der Waals surface area contributed by atoms with Gasteiger partial charge in [0.25, 0.3) is 0 Å². The smallest absolute Gasteiger partial charge is 0.120 e. The van der Waals surface area contributed by atoms with Gasteiger partial charge in [0.1, 0.15) is 18.5 Å². The molecule has 1 saturated heterocycles. The van der Waals surface area contributed by atoms with Gasteiger partial charge in [-0.25, -0.2) is 0 Å². The van der Waals surface area contributed by atoms with Crippen LogP contribution in [-0.4, -0.2) is 90.8 Å². The van der Waals surface area contributed by atoms with Crippen LogP contribution in [0.3, 0.4) is 0 Å². The standard InChI is InChI=1S/C21H35ClN2O4/c1-15(2)27-13-18(25)11-23-5-7-24(8-6-23)12-19(26)14-28-20-9-16(3)21(22)17(4)10-20/h9-10,15,18-19,25-26H,5-8,11-14H2,1-4H3/t18-,19+/m0/s1. The fourth-order valence-electron chi connectivity index (χ4n) is 3.34. The number of ether oxygens (including phenoxy) is 2. The first-order valence-electron chi connectivity index (χ1n) is 10.1. The molecule has 28 heavy (non-hydrogen) atoms. The van der Waals surface area contributed by atoms with E-state index < -0.39 is 12.2 Å². The molecule has 7 heteroatoms. The predicted molar refractivity (Wildman–Crippen MR) is 112 cm³/mol. The lowest BCUT2D eigenvalue weighted by molar-refractivity contribution is -0.0176. The van der Waals surface area contributed by atoms with Gasteiger partial charge in [0.15, 0.2) is 0 Å². The topological polar surface area (TPSA) is 65.4 Å². The maximum absolute atomic E-state index is 10.3. The van der Waals surface area contributed by atoms with Gasteiger partial charge in [-0.15, -0.1) is 0 Å². The third kappa shape index (κ3) is 7.85. The van der Waals surface area contributed by atoms with E-state index in [1.165, 1.54) is 0 Å². The number of benzene rings is 1. The SMILES string of the molecule is Cc1cc(OC[C@H](O)CN2CCN(C[C@H](O)COC(C)C)CC2)cc(C)c1Cl. The Kier molecular flexibility index (Phi) is 9.47. The molecule has 0 aromatic heterocycles. The molecule has 2 rings (SSSR count). The van der Waals surface area contributed by atoms with Gasteiger partial charge in [0.2, 0.25) is 0 Å². The second-order valence-electron chi connectivity index (χ2n) is 7.97. The first-order valence-corrected chi connectivity index (χ1v) is 10.4. The first-order chi connectivity index (χ1) is 13.2. The van der Waals surface area contributed by atoms with Crippen LogP contribution < -0.4 is 4.74 Å². The van der Waals surface area contributed by atoms with Crippen LogP contribution >= 0.6 is 11.6 Å². The summed E-state index contributed by atoms with van der Waals surface area (Å²) in [7, 11) is 0. The first kappa shape index (κ1) is 23.4. The lowest BCUT2D eigenvalue weighted by atomic mass is 10.1. The Morgan fingerprint density at radius 1 is 0.929 bits per heavy atom. The monoisotopic (exact) mass is 414 g/mol. The molecular formula is C21H35ClN2O4. The molecule has 1 fully saturated rings. The third-order valence-corrected chi connectivity index (χ3v) is 5.47. The van der Waals surface area contributed by atoms with E-state index in [1.807, 2.05) is 39.8 Å². The highest BCUT2D eigenvalue weighted by atomic mass is 35.5. The summed E-state index contributed by atoms with van der Waals surface area (Å²) >= 11 is 6.18. The molecule has 0 radical (unpaired) electrons. The van der Waals surface area contributed by atoms with E-state index in [2.05, 4.69) is 9.80 Å². The van der Waals surface area contributed by atoms with Crippen LogP contribution in [0.25, 0.3) is 0 Å². The molecule has 6 nitrogen and oxygen atoms in total. The van der Waals surface area contributed by atoms with Gasteiger partial charge in [-0.3, -0.25) is 9.80 Å². The third-order valence-electron chi connectivity index (χ3n) is 4.88. The molecule has 1 aliphatic rings. The van der Waals surface area contributed by atoms with Gasteiger partial charge in [-0.1, -0.05) is 11.6 Å². The molecule has 2 N–H and O–H groups in total. The molecule has 1 aliphatic heterocycles. The van der Waals surface area contributed by atoms with Crippen LogP contribution in [0.4, 0.5) is 0 Å². The molecular weight excluding hydrogens is 380 g/mol. The van der Waals surface area contributed by atoms with E-state index in [0.29, 0.717) is 19.7 Å². The van der Waals surface area contributed by atoms with Crippen molar-refractivity contribution in [1.82, 2.24) is 9.80 Å². The van der Waals surface area contributed by atoms with Crippen molar-refractivity contribution in [1.29, 1.82) is 0 Å². The average Bonchev–Trinajstić information content (AvgIpc) is 2.64. The number of rotatable bonds is 10. The van der Waals surface area contributed by atoms with E-state index in [-0.39, 0.29) is 12.7 Å². The van der Waals surface area contributed by atoms with Crippen LogP contribution in [0, 0.1) is 13.8 Å². The molecule has 0 amide bonds. The Morgan fingerprint density at radius 2 is 1.39 bits per heavy atom. The summed E-state index contributed by atoms with van der Waals surface area (Å²) in [5.74, 6) is 0.737. The summed E-state index contributed by atoms with van der Waals surface area (Å²) in [6.45, 7) is 13.2. The zero-order chi connectivity index (χ0) is 20.7. The predicted octanol–water partition coefficient (Wildman–Crippen LogP) is 2.10. The van der Waals surface area contributed by atoms with Gasteiger partial charge in [0.05, 0.1) is 18.8 Å². The molecule has 0 saturated carbocycles. The normalized spacial score (nSPS) is 18.4. The van der Waals surface area contributed by atoms with E-state index in [0.717, 1.165) is 48.1 Å². The maximum Gasteiger partial charge on any atom is 0.120 e. The van der Waals surface area contributed by atoms with E-state index >= 15 is 0 Å². The average molecular weight is 415 g/mol. The van der Waals surface area contributed by atoms with Crippen LogP contribution in [0.1, 0.15) is 25.0 Å². The molecule has 0 spiro atoms. The zero-order valence-corrected chi connectivity index (χ0v) is 18.3. The van der Waals surface area contributed by atoms with Crippen LogP contribution in [0.5, 0.6) is 5.75 Å². The highest BCUT2D eigenvalue weighted by molar-refractivity contribution is 6.32. The number of aliphatic hydroxyl groups excluding tert-OH is 2. The number of β-amino-alcohol motifs (C(OH)–C–C–N with tert-alkyl or cyclic N) is 2. The minimum absolute atomic E-state index is 0.135. The van der Waals surface area contributed by atoms with Gasteiger partial charge < -0.3 is 19.7 Å². The number of aliphatic hydroxyl groups is 2. The Hall–Kier alpha value is -0.890. The molecule has 1 aromatic rings. The second-order valence-corrected chi connectivity index (χ2v) is 8.35. The fraction of sp³-hybridized carbons (Fsp3) is 0.714. The number of nitrogens with zero attached hydrogens (tertiary/aromatic N) is 2. The van der Waals surface area contributed by atoms with Crippen molar-refractivity contribution in [2.24, 2.45) is 0 Å². The molecule has 0 unspecified atom stereocenters. The number of hydrogen-bond acceptors (Lipinski definition) is 6. The van der Waals surface area contributed by atoms with Gasteiger partial charge in [0, 0.05) is 44.3 Å². The quantitative estimate of drug-likeness (QED) is 0.611. The van der Waals surface area contributed by atoms with Gasteiger partial charge in [-0.05, 0) is 51.0 Å². The molecule has 1 heterocycles. The molecule has 0 aliphatic carbocycles. The molecule has 1 aromatic carbocycles. The van der Waals surface area contributed by atoms with Crippen molar-refractivity contribution < 1.29 is 19.7 Å². The molecule has 160 valence electrons. The Bertz CT molecular complexity index is 583. The van der Waals surface area contributed by atoms with Crippen molar-refractivity contribution in [2.45, 2.75) is 46.0 Å². The second kappa shape index (κ2) is 11.3. The van der Waals surface area contributed by atoms with Crippen molar-refractivity contribution in [3.8, 4) is 5.75 Å². The number of piperazine rings is 1. The Morgan fingerprint density at radius 3 is 1.86 bits per heavy atom. The van der Waals surface area contributed by atoms with Gasteiger partial charge in [-0.2, -0.15) is 0 Å². The summed E-state index contributed by atoms with van der Waals surface area (Å²) in [4.78, 5) is 4.48. The summed E-state index contributed by atoms with van der Waals surface area (Å²) in [5.41, 5.74) is 1.95. The largest absolute Gasteiger partial charge is 0.491 e. The minimum atomic E-state index is -0.548. The Balaban J connectivity index is 1.67. The van der Waals surface area contributed by atoms with Crippen molar-refractivity contribution in [2.75, 3.05) is 52.5 Å². The van der Waals surface area contributed by atoms with E-state index in [9.17, 15) is 10.2 Å². The van der Waals surface area contributed by atoms with Crippen LogP contribution in [-0.2, 0) is 4.74 Å². The molecule has 0 bridgehead atoms. The number of aryl methyl sites for hydroxylation is 2. The maximum atomic E-state index is 10.3. The highest BCUT2D eigenvalue weighted by Gasteiger charge is 2.21. The lowest BCUT2D eigenvalue weighted by Gasteiger charge is -2.36. The zero-order valence-electron chi connectivity index (χ0n) is 17.5. The summed E-state index contributed by atoms with van der Waals surface area (Å²) in [6, 6.07) is 3.80. The van der Waals surface area contributed by atoms with Crippen molar-refractivity contribution in [3.63, 3.8) is 0 Å². The highest BCUT2D eigenvalue weighted by Crippen LogP contribution is 2.25. The molecule has 2 atom stereocenters. The van der Waals surface area contributed by atoms with Crippen LogP contribution in [0.2, 0.25) is 5.02 Å². The summed E-state index contributed by atoms with van der Waals surface area (Å²) in [6.07, 6.45) is -0.872. The summed E-state index contributed by atoms with van der Waals surface area (Å²) < 4.78 is 11.2. The van der Waals surface area contributed by atoms with E-state index in [4.69, 9.17) is 21.1 Å². The Labute approximate surface area is 174 Å².